The van der Waals surface area contributed by atoms with Crippen LogP contribution in [0.4, 0.5) is 0 Å². The van der Waals surface area contributed by atoms with E-state index in [1.54, 1.807) is 24.5 Å². The minimum absolute atomic E-state index is 0.240. The SMILES string of the molecule is Oc1ccccc1-c1c[nH]cc1Cl. The highest BCUT2D eigenvalue weighted by Crippen LogP contribution is 2.33. The lowest BCUT2D eigenvalue weighted by Crippen LogP contribution is -1.75. The summed E-state index contributed by atoms with van der Waals surface area (Å²) in [5.74, 6) is 0.240. The Kier molecular flexibility index (Phi) is 1.99. The number of rotatable bonds is 1. The third kappa shape index (κ3) is 1.40. The van der Waals surface area contributed by atoms with E-state index < -0.39 is 0 Å². The molecular weight excluding hydrogens is 186 g/mol. The molecule has 2 nitrogen and oxygen atoms in total. The first-order valence-corrected chi connectivity index (χ1v) is 4.27. The molecule has 0 bridgehead atoms. The Balaban J connectivity index is 2.59. The Bertz CT molecular complexity index is 422. The van der Waals surface area contributed by atoms with Crippen LogP contribution in [-0.2, 0) is 0 Å². The Labute approximate surface area is 80.8 Å². The second-order valence-electron chi connectivity index (χ2n) is 2.73. The third-order valence-corrected chi connectivity index (χ3v) is 2.20. The zero-order valence-corrected chi connectivity index (χ0v) is 7.55. The molecule has 3 heteroatoms. The van der Waals surface area contributed by atoms with Crippen LogP contribution in [0.25, 0.3) is 11.1 Å². The zero-order valence-electron chi connectivity index (χ0n) is 6.79. The highest BCUT2D eigenvalue weighted by atomic mass is 35.5. The van der Waals surface area contributed by atoms with Gasteiger partial charge in [-0.15, -0.1) is 0 Å². The van der Waals surface area contributed by atoms with Gasteiger partial charge in [-0.25, -0.2) is 0 Å². The molecule has 2 aromatic rings. The predicted octanol–water partition coefficient (Wildman–Crippen LogP) is 3.04. The topological polar surface area (TPSA) is 36.0 Å². The van der Waals surface area contributed by atoms with Crippen molar-refractivity contribution in [3.8, 4) is 16.9 Å². The highest BCUT2D eigenvalue weighted by Gasteiger charge is 2.07. The molecule has 1 aromatic heterocycles. The van der Waals surface area contributed by atoms with Crippen molar-refractivity contribution < 1.29 is 5.11 Å². The van der Waals surface area contributed by atoms with Gasteiger partial charge in [-0.2, -0.15) is 0 Å². The van der Waals surface area contributed by atoms with Gasteiger partial charge in [0.2, 0.25) is 0 Å². The first-order valence-electron chi connectivity index (χ1n) is 3.89. The summed E-state index contributed by atoms with van der Waals surface area (Å²) in [6.07, 6.45) is 3.45. The number of benzene rings is 1. The molecule has 1 heterocycles. The van der Waals surface area contributed by atoms with Crippen LogP contribution < -0.4 is 0 Å². The molecule has 0 fully saturated rings. The van der Waals surface area contributed by atoms with E-state index in [2.05, 4.69) is 4.98 Å². The summed E-state index contributed by atoms with van der Waals surface area (Å²) in [7, 11) is 0. The number of para-hydroxylation sites is 1. The number of aromatic hydroxyl groups is 1. The molecule has 0 amide bonds. The second kappa shape index (κ2) is 3.15. The van der Waals surface area contributed by atoms with Gasteiger partial charge < -0.3 is 10.1 Å². The van der Waals surface area contributed by atoms with Crippen LogP contribution in [0.1, 0.15) is 0 Å². The van der Waals surface area contributed by atoms with Crippen molar-refractivity contribution in [2.24, 2.45) is 0 Å². The van der Waals surface area contributed by atoms with Crippen LogP contribution in [0, 0.1) is 0 Å². The average molecular weight is 194 g/mol. The van der Waals surface area contributed by atoms with E-state index in [0.29, 0.717) is 5.02 Å². The van der Waals surface area contributed by atoms with Crippen molar-refractivity contribution in [1.82, 2.24) is 4.98 Å². The van der Waals surface area contributed by atoms with Gasteiger partial charge in [-0.05, 0) is 6.07 Å². The van der Waals surface area contributed by atoms with E-state index in [9.17, 15) is 5.11 Å². The molecule has 2 rings (SSSR count). The van der Waals surface area contributed by atoms with Crippen molar-refractivity contribution in [2.45, 2.75) is 0 Å². The number of aromatic amines is 1. The number of hydrogen-bond acceptors (Lipinski definition) is 1. The van der Waals surface area contributed by atoms with Crippen molar-refractivity contribution in [3.05, 3.63) is 41.7 Å². The van der Waals surface area contributed by atoms with Crippen LogP contribution >= 0.6 is 11.6 Å². The molecule has 1 aromatic carbocycles. The summed E-state index contributed by atoms with van der Waals surface area (Å²) in [6, 6.07) is 7.10. The largest absolute Gasteiger partial charge is 0.507 e. The maximum atomic E-state index is 9.53. The van der Waals surface area contributed by atoms with E-state index in [4.69, 9.17) is 11.6 Å². The Hall–Kier alpha value is -1.41. The van der Waals surface area contributed by atoms with E-state index in [1.807, 2.05) is 12.1 Å². The summed E-state index contributed by atoms with van der Waals surface area (Å²) in [4.78, 5) is 2.88. The Morgan fingerprint density at radius 1 is 1.08 bits per heavy atom. The maximum Gasteiger partial charge on any atom is 0.123 e. The van der Waals surface area contributed by atoms with E-state index >= 15 is 0 Å². The molecule has 2 N–H and O–H groups in total. The third-order valence-electron chi connectivity index (χ3n) is 1.89. The smallest absolute Gasteiger partial charge is 0.123 e. The summed E-state index contributed by atoms with van der Waals surface area (Å²) < 4.78 is 0. The molecular formula is C10H8ClNO. The van der Waals surface area contributed by atoms with Crippen molar-refractivity contribution in [3.63, 3.8) is 0 Å². The molecule has 0 aliphatic heterocycles. The molecule has 13 heavy (non-hydrogen) atoms. The van der Waals surface area contributed by atoms with Crippen LogP contribution in [0.3, 0.4) is 0 Å². The minimum Gasteiger partial charge on any atom is -0.507 e. The van der Waals surface area contributed by atoms with Gasteiger partial charge in [-0.1, -0.05) is 29.8 Å². The Morgan fingerprint density at radius 2 is 1.85 bits per heavy atom. The number of halogens is 1. The molecule has 0 saturated heterocycles. The predicted molar refractivity (Wildman–Crippen MR) is 52.9 cm³/mol. The molecule has 0 atom stereocenters. The first-order chi connectivity index (χ1) is 6.29. The van der Waals surface area contributed by atoms with Gasteiger partial charge in [0.1, 0.15) is 5.75 Å². The standard InChI is InChI=1S/C10H8ClNO/c11-9-6-12-5-8(9)7-3-1-2-4-10(7)13/h1-6,12-13H. The fourth-order valence-corrected chi connectivity index (χ4v) is 1.47. The molecule has 0 unspecified atom stereocenters. The normalized spacial score (nSPS) is 10.2. The van der Waals surface area contributed by atoms with Gasteiger partial charge in [0.25, 0.3) is 0 Å². The Morgan fingerprint density at radius 3 is 2.46 bits per heavy atom. The molecule has 0 saturated carbocycles. The second-order valence-corrected chi connectivity index (χ2v) is 3.14. The lowest BCUT2D eigenvalue weighted by atomic mass is 10.1. The van der Waals surface area contributed by atoms with E-state index in [0.717, 1.165) is 11.1 Å². The molecule has 0 aliphatic carbocycles. The van der Waals surface area contributed by atoms with Gasteiger partial charge in [-0.3, -0.25) is 0 Å². The van der Waals surface area contributed by atoms with Crippen molar-refractivity contribution in [2.75, 3.05) is 0 Å². The van der Waals surface area contributed by atoms with E-state index in [1.165, 1.54) is 0 Å². The van der Waals surface area contributed by atoms with E-state index in [-0.39, 0.29) is 5.75 Å². The highest BCUT2D eigenvalue weighted by molar-refractivity contribution is 6.33. The zero-order chi connectivity index (χ0) is 9.26. The first kappa shape index (κ1) is 8.20. The molecule has 66 valence electrons. The summed E-state index contributed by atoms with van der Waals surface area (Å²) in [5, 5.41) is 10.1. The fourth-order valence-electron chi connectivity index (χ4n) is 1.25. The lowest BCUT2D eigenvalue weighted by molar-refractivity contribution is 0.477. The average Bonchev–Trinajstić information content (AvgIpc) is 2.52. The number of hydrogen-bond donors (Lipinski definition) is 2. The van der Waals surface area contributed by atoms with Gasteiger partial charge >= 0.3 is 0 Å². The number of phenols is 1. The van der Waals surface area contributed by atoms with Crippen LogP contribution in [-0.4, -0.2) is 10.1 Å². The summed E-state index contributed by atoms with van der Waals surface area (Å²) in [6.45, 7) is 0. The molecule has 0 radical (unpaired) electrons. The molecule has 0 spiro atoms. The maximum absolute atomic E-state index is 9.53. The summed E-state index contributed by atoms with van der Waals surface area (Å²) in [5.41, 5.74) is 1.56. The monoisotopic (exact) mass is 193 g/mol. The van der Waals surface area contributed by atoms with Crippen molar-refractivity contribution in [1.29, 1.82) is 0 Å². The summed E-state index contributed by atoms with van der Waals surface area (Å²) >= 11 is 5.90. The van der Waals surface area contributed by atoms with Gasteiger partial charge in [0.05, 0.1) is 5.02 Å². The van der Waals surface area contributed by atoms with Crippen LogP contribution in [0.2, 0.25) is 5.02 Å². The number of aromatic nitrogens is 1. The molecule has 0 aliphatic rings. The number of H-pyrrole nitrogens is 1. The van der Waals surface area contributed by atoms with Crippen LogP contribution in [0.15, 0.2) is 36.7 Å². The van der Waals surface area contributed by atoms with Gasteiger partial charge in [0.15, 0.2) is 0 Å². The lowest BCUT2D eigenvalue weighted by Gasteiger charge is -2.01. The van der Waals surface area contributed by atoms with Crippen LogP contribution in [0.5, 0.6) is 5.75 Å². The quantitative estimate of drug-likeness (QED) is 0.718. The minimum atomic E-state index is 0.240. The number of phenolic OH excluding ortho intramolecular Hbond substituents is 1. The fraction of sp³-hybridized carbons (Fsp3) is 0. The van der Waals surface area contributed by atoms with Crippen molar-refractivity contribution >= 4 is 11.6 Å². The van der Waals surface area contributed by atoms with Gasteiger partial charge in [0, 0.05) is 23.5 Å². The number of nitrogens with one attached hydrogen (secondary N) is 1.